The van der Waals surface area contributed by atoms with E-state index in [1.165, 1.54) is 14.7 Å². The minimum Gasteiger partial charge on any atom is -0.549 e. The van der Waals surface area contributed by atoms with E-state index in [0.717, 1.165) is 0 Å². The van der Waals surface area contributed by atoms with Crippen LogP contribution in [-0.2, 0) is 33.6 Å². The number of hydrogen-bond acceptors (Lipinski definition) is 17. The van der Waals surface area contributed by atoms with Crippen LogP contribution in [-0.4, -0.2) is 178 Å². The predicted molar refractivity (Wildman–Crippen MR) is 192 cm³/mol. The van der Waals surface area contributed by atoms with Gasteiger partial charge in [-0.25, -0.2) is 0 Å². The van der Waals surface area contributed by atoms with Gasteiger partial charge in [0, 0.05) is 85.1 Å². The monoisotopic (exact) mass is 944 g/mol. The predicted octanol–water partition coefficient (Wildman–Crippen LogP) is -11.6. The molecule has 26 heteroatoms. The van der Waals surface area contributed by atoms with E-state index < -0.39 is 86.3 Å². The number of carboxylic acids is 3. The third-order valence-corrected chi connectivity index (χ3v) is 7.36. The third-order valence-electron chi connectivity index (χ3n) is 7.36. The molecule has 2 atom stereocenters. The van der Waals surface area contributed by atoms with Crippen molar-refractivity contribution in [1.29, 1.82) is 0 Å². The SMILES string of the molecule is NC(N)=NCCCC(N)C(=O)NCCNC(=O)CN(CCN(CCN(CC(=O)[O-])CC(=O)NCCNC(=O)C(N)CCCN=C(N)N)CC(=O)[O-])CC(=O)[O-].[Gd+3]. The van der Waals surface area contributed by atoms with Gasteiger partial charge < -0.3 is 85.4 Å². The molecule has 0 fully saturated rings. The van der Waals surface area contributed by atoms with Crippen molar-refractivity contribution in [3.8, 4) is 0 Å². The zero-order valence-corrected chi connectivity index (χ0v) is 33.5. The molecule has 0 heterocycles. The van der Waals surface area contributed by atoms with E-state index in [1.54, 1.807) is 0 Å². The number of rotatable bonds is 32. The molecule has 0 rings (SSSR count). The molecule has 0 aromatic heterocycles. The van der Waals surface area contributed by atoms with Crippen LogP contribution >= 0.6 is 0 Å². The standard InChI is InChI=1S/C30H59N15O10.Gd/c31-20(3-1-5-41-29(33)34)27(54)39-9-7-37-22(46)15-44(18-25(50)51)13-11-43(17-24(48)49)12-14-45(19-26(52)53)16-23(47)38-8-10-40-28(55)21(32)4-2-6-42-30(35)36;/h20-21H,1-19,31-32H2,(H,37,46)(H,38,47)(H,39,54)(H,40,55)(H,48,49)(H,50,51)(H,52,53)(H4,33,34,41)(H4,35,36,42);/q;+3/p-3. The van der Waals surface area contributed by atoms with Crippen LogP contribution in [0.3, 0.4) is 0 Å². The summed E-state index contributed by atoms with van der Waals surface area (Å²) >= 11 is 0. The van der Waals surface area contributed by atoms with Crippen molar-refractivity contribution >= 4 is 53.5 Å². The fraction of sp³-hybridized carbons (Fsp3) is 0.700. The van der Waals surface area contributed by atoms with Crippen molar-refractivity contribution in [1.82, 2.24) is 36.0 Å². The van der Waals surface area contributed by atoms with Crippen LogP contribution in [0.15, 0.2) is 9.98 Å². The van der Waals surface area contributed by atoms with Gasteiger partial charge in [-0.2, -0.15) is 0 Å². The Kier molecular flexibility index (Phi) is 31.0. The largest absolute Gasteiger partial charge is 3.00 e. The number of nitrogens with two attached hydrogens (primary N) is 6. The molecule has 0 bridgehead atoms. The number of aliphatic carboxylic acids is 3. The van der Waals surface area contributed by atoms with Crippen LogP contribution < -0.4 is 71.0 Å². The van der Waals surface area contributed by atoms with Crippen LogP contribution in [0.1, 0.15) is 25.7 Å². The third kappa shape index (κ3) is 31.2. The molecule has 0 saturated heterocycles. The number of nitrogens with zero attached hydrogens (tertiary/aromatic N) is 5. The summed E-state index contributed by atoms with van der Waals surface area (Å²) in [4.78, 5) is 94.7. The Hall–Kier alpha value is -4.05. The molecule has 0 aromatic rings. The van der Waals surface area contributed by atoms with E-state index in [9.17, 15) is 48.9 Å². The number of carboxylic acid groups (broad SMARTS) is 3. The van der Waals surface area contributed by atoms with Crippen molar-refractivity contribution in [2.45, 2.75) is 37.8 Å². The Morgan fingerprint density at radius 1 is 0.500 bits per heavy atom. The minimum atomic E-state index is -1.51. The van der Waals surface area contributed by atoms with Crippen molar-refractivity contribution in [2.24, 2.45) is 44.4 Å². The molecule has 4 amide bonds. The Bertz CT molecular complexity index is 1210. The smallest absolute Gasteiger partial charge is 0.549 e. The van der Waals surface area contributed by atoms with Crippen LogP contribution in [0, 0.1) is 39.9 Å². The van der Waals surface area contributed by atoms with Gasteiger partial charge in [-0.15, -0.1) is 0 Å². The fourth-order valence-electron chi connectivity index (χ4n) is 4.67. The second-order valence-corrected chi connectivity index (χ2v) is 12.2. The van der Waals surface area contributed by atoms with Crippen LogP contribution in [0.5, 0.6) is 0 Å². The van der Waals surface area contributed by atoms with Gasteiger partial charge in [0.15, 0.2) is 11.9 Å². The van der Waals surface area contributed by atoms with Crippen LogP contribution in [0.2, 0.25) is 0 Å². The molecule has 0 aromatic carbocycles. The average Bonchev–Trinajstić information content (AvgIpc) is 3.08. The molecule has 0 aliphatic carbocycles. The molecular weight excluding hydrogens is 888 g/mol. The summed E-state index contributed by atoms with van der Waals surface area (Å²) in [5.74, 6) is -6.77. The zero-order valence-electron chi connectivity index (χ0n) is 31.2. The maximum Gasteiger partial charge on any atom is 3.00 e. The molecule has 0 aliphatic rings. The number of aliphatic imine (C=N–C) groups is 2. The van der Waals surface area contributed by atoms with Gasteiger partial charge in [0.25, 0.3) is 0 Å². The summed E-state index contributed by atoms with van der Waals surface area (Å²) in [6.45, 7) is -2.65. The van der Waals surface area contributed by atoms with Crippen molar-refractivity contribution in [3.63, 3.8) is 0 Å². The summed E-state index contributed by atoms with van der Waals surface area (Å²) in [5.41, 5.74) is 32.6. The maximum absolute atomic E-state index is 12.5. The fourth-order valence-corrected chi connectivity index (χ4v) is 4.67. The Morgan fingerprint density at radius 3 is 1.12 bits per heavy atom. The number of nitrogens with one attached hydrogen (secondary N) is 4. The van der Waals surface area contributed by atoms with Crippen LogP contribution in [0.4, 0.5) is 0 Å². The number of carbonyl (C=O) groups is 7. The van der Waals surface area contributed by atoms with E-state index in [-0.39, 0.29) is 104 Å². The maximum atomic E-state index is 12.5. The first-order valence-electron chi connectivity index (χ1n) is 17.4. The topological polar surface area (TPSA) is 427 Å². The molecule has 319 valence electrons. The van der Waals surface area contributed by atoms with E-state index >= 15 is 0 Å². The molecule has 1 radical (unpaired) electrons. The Morgan fingerprint density at radius 2 is 0.804 bits per heavy atom. The number of carbonyl (C=O) groups excluding carboxylic acids is 7. The molecule has 25 nitrogen and oxygen atoms in total. The Labute approximate surface area is 356 Å². The summed E-state index contributed by atoms with van der Waals surface area (Å²) < 4.78 is 0. The van der Waals surface area contributed by atoms with Gasteiger partial charge in [0.05, 0.1) is 43.1 Å². The average molecular weight is 944 g/mol. The normalized spacial score (nSPS) is 11.8. The van der Waals surface area contributed by atoms with Gasteiger partial charge in [0.1, 0.15) is 0 Å². The number of hydrogen-bond donors (Lipinski definition) is 10. The Balaban J connectivity index is 0. The molecule has 56 heavy (non-hydrogen) atoms. The van der Waals surface area contributed by atoms with Crippen molar-refractivity contribution in [3.05, 3.63) is 0 Å². The number of amides is 4. The minimum absolute atomic E-state index is 0. The first-order chi connectivity index (χ1) is 25.9. The van der Waals surface area contributed by atoms with Gasteiger partial charge in [-0.1, -0.05) is 0 Å². The van der Waals surface area contributed by atoms with Gasteiger partial charge >= 0.3 is 39.9 Å². The second kappa shape index (κ2) is 32.1. The van der Waals surface area contributed by atoms with E-state index in [4.69, 9.17) is 34.4 Å². The summed E-state index contributed by atoms with van der Waals surface area (Å²) in [6.07, 6.45) is 1.58. The molecular formula is C30H56GdN15O10. The number of guanidine groups is 2. The van der Waals surface area contributed by atoms with Crippen molar-refractivity contribution in [2.75, 3.05) is 98.2 Å². The quantitative estimate of drug-likeness (QED) is 0.0170. The van der Waals surface area contributed by atoms with E-state index in [0.29, 0.717) is 38.8 Å². The van der Waals surface area contributed by atoms with Gasteiger partial charge in [-0.05, 0) is 25.7 Å². The first kappa shape index (κ1) is 54.1. The summed E-state index contributed by atoms with van der Waals surface area (Å²) in [6, 6.07) is -1.65. The first-order valence-corrected chi connectivity index (χ1v) is 17.4. The summed E-state index contributed by atoms with van der Waals surface area (Å²) in [5, 5.41) is 44.3. The second-order valence-electron chi connectivity index (χ2n) is 12.2. The molecule has 0 saturated carbocycles. The van der Waals surface area contributed by atoms with E-state index in [2.05, 4.69) is 31.3 Å². The molecule has 2 unspecified atom stereocenters. The van der Waals surface area contributed by atoms with Crippen LogP contribution in [0.25, 0.3) is 0 Å². The van der Waals surface area contributed by atoms with E-state index in [1.807, 2.05) is 0 Å². The van der Waals surface area contributed by atoms with Gasteiger partial charge in [0.2, 0.25) is 23.6 Å². The summed E-state index contributed by atoms with van der Waals surface area (Å²) in [7, 11) is 0. The van der Waals surface area contributed by atoms with Crippen molar-refractivity contribution < 1.29 is 88.8 Å². The molecule has 0 spiro atoms. The zero-order chi connectivity index (χ0) is 41.8. The van der Waals surface area contributed by atoms with Gasteiger partial charge in [-0.3, -0.25) is 43.9 Å². The molecule has 0 aliphatic heterocycles. The molecule has 16 N–H and O–H groups in total.